The first-order valence-corrected chi connectivity index (χ1v) is 3.56. The van der Waals surface area contributed by atoms with Gasteiger partial charge in [-0.15, -0.1) is 0 Å². The fourth-order valence-electron chi connectivity index (χ4n) is 0.647. The van der Waals surface area contributed by atoms with Gasteiger partial charge in [-0.2, -0.15) is 0 Å². The first-order valence-electron chi connectivity index (χ1n) is 3.56. The van der Waals surface area contributed by atoms with Gasteiger partial charge in [-0.25, -0.2) is 0 Å². The lowest BCUT2D eigenvalue weighted by Crippen LogP contribution is -2.15. The summed E-state index contributed by atoms with van der Waals surface area (Å²) < 4.78 is 0. The minimum atomic E-state index is -0.319. The van der Waals surface area contributed by atoms with Crippen molar-refractivity contribution in [3.05, 3.63) is 0 Å². The van der Waals surface area contributed by atoms with Crippen LogP contribution in [0.25, 0.3) is 0 Å². The average Bonchev–Trinajstić information content (AvgIpc) is 1.87. The van der Waals surface area contributed by atoms with E-state index in [2.05, 4.69) is 0 Å². The molecule has 0 spiro atoms. The van der Waals surface area contributed by atoms with Gasteiger partial charge in [0.15, 0.2) is 0 Å². The van der Waals surface area contributed by atoms with Crippen molar-refractivity contribution < 1.29 is 10.2 Å². The summed E-state index contributed by atoms with van der Waals surface area (Å²) in [5.74, 6) is 0. The predicted molar refractivity (Wildman–Crippen MR) is 37.2 cm³/mol. The third-order valence-electron chi connectivity index (χ3n) is 1.49. The van der Waals surface area contributed by atoms with Crippen molar-refractivity contribution in [3.8, 4) is 0 Å². The van der Waals surface area contributed by atoms with Gasteiger partial charge in [0, 0.05) is 0 Å². The molecule has 0 aromatic rings. The van der Waals surface area contributed by atoms with Crippen molar-refractivity contribution in [1.29, 1.82) is 0 Å². The molecule has 0 radical (unpaired) electrons. The van der Waals surface area contributed by atoms with Crippen LogP contribution in [0.1, 0.15) is 33.1 Å². The molecule has 0 saturated heterocycles. The topological polar surface area (TPSA) is 40.5 Å². The molecular weight excluding hydrogens is 116 g/mol. The lowest BCUT2D eigenvalue weighted by molar-refractivity contribution is 0.0765. The summed E-state index contributed by atoms with van der Waals surface area (Å²) in [5.41, 5.74) is 0. The van der Waals surface area contributed by atoms with Crippen LogP contribution in [0.2, 0.25) is 0 Å². The zero-order chi connectivity index (χ0) is 7.28. The van der Waals surface area contributed by atoms with E-state index in [0.717, 1.165) is 12.8 Å². The molecule has 0 aromatic carbocycles. The highest BCUT2D eigenvalue weighted by Crippen LogP contribution is 2.03. The van der Waals surface area contributed by atoms with E-state index in [1.54, 1.807) is 0 Å². The molecule has 0 fully saturated rings. The van der Waals surface area contributed by atoms with Crippen LogP contribution in [-0.2, 0) is 0 Å². The van der Waals surface area contributed by atoms with E-state index in [4.69, 9.17) is 10.2 Å². The highest BCUT2D eigenvalue weighted by molar-refractivity contribution is 4.59. The smallest absolute Gasteiger partial charge is 0.0562 e. The molecule has 0 saturated carbocycles. The Morgan fingerprint density at radius 3 is 1.56 bits per heavy atom. The third-order valence-corrected chi connectivity index (χ3v) is 1.49. The molecule has 0 rings (SSSR count). The van der Waals surface area contributed by atoms with Gasteiger partial charge in [0.25, 0.3) is 0 Å². The molecule has 0 bridgehead atoms. The lowest BCUT2D eigenvalue weighted by Gasteiger charge is -2.11. The summed E-state index contributed by atoms with van der Waals surface area (Å²) in [7, 11) is 0. The SMILES string of the molecule is CCC(O)CC(O)CC. The minimum absolute atomic E-state index is 0.319. The normalized spacial score (nSPS) is 17.3. The molecule has 0 heterocycles. The molecule has 0 aromatic heterocycles. The Morgan fingerprint density at radius 2 is 1.33 bits per heavy atom. The van der Waals surface area contributed by atoms with Gasteiger partial charge < -0.3 is 10.2 Å². The molecule has 2 atom stereocenters. The van der Waals surface area contributed by atoms with Crippen LogP contribution < -0.4 is 0 Å². The summed E-state index contributed by atoms with van der Waals surface area (Å²) in [6.45, 7) is 3.82. The Morgan fingerprint density at radius 1 is 1.00 bits per heavy atom. The maximum absolute atomic E-state index is 9.00. The summed E-state index contributed by atoms with van der Waals surface area (Å²) in [6.07, 6.45) is 1.35. The van der Waals surface area contributed by atoms with E-state index < -0.39 is 0 Å². The quantitative estimate of drug-likeness (QED) is 0.597. The average molecular weight is 132 g/mol. The van der Waals surface area contributed by atoms with Crippen molar-refractivity contribution in [1.82, 2.24) is 0 Å². The molecule has 0 aliphatic rings. The third kappa shape index (κ3) is 4.43. The van der Waals surface area contributed by atoms with Crippen molar-refractivity contribution >= 4 is 0 Å². The van der Waals surface area contributed by atoms with Crippen molar-refractivity contribution in [2.24, 2.45) is 0 Å². The molecule has 2 heteroatoms. The van der Waals surface area contributed by atoms with Gasteiger partial charge >= 0.3 is 0 Å². The second-order valence-electron chi connectivity index (χ2n) is 2.36. The molecule has 2 unspecified atom stereocenters. The largest absolute Gasteiger partial charge is 0.393 e. The summed E-state index contributed by atoms with van der Waals surface area (Å²) in [4.78, 5) is 0. The zero-order valence-electron chi connectivity index (χ0n) is 6.17. The first-order chi connectivity index (χ1) is 4.20. The van der Waals surface area contributed by atoms with Crippen LogP contribution in [0.4, 0.5) is 0 Å². The number of hydrogen-bond donors (Lipinski definition) is 2. The van der Waals surface area contributed by atoms with Gasteiger partial charge in [-0.05, 0) is 19.3 Å². The minimum Gasteiger partial charge on any atom is -0.393 e. The molecule has 2 N–H and O–H groups in total. The van der Waals surface area contributed by atoms with Gasteiger partial charge in [0.2, 0.25) is 0 Å². The number of aliphatic hydroxyl groups is 2. The van der Waals surface area contributed by atoms with E-state index in [-0.39, 0.29) is 12.2 Å². The maximum Gasteiger partial charge on any atom is 0.0562 e. The highest BCUT2D eigenvalue weighted by atomic mass is 16.3. The first kappa shape index (κ1) is 8.92. The van der Waals surface area contributed by atoms with E-state index in [9.17, 15) is 0 Å². The van der Waals surface area contributed by atoms with E-state index in [1.165, 1.54) is 0 Å². The van der Waals surface area contributed by atoms with Crippen LogP contribution >= 0.6 is 0 Å². The molecule has 0 amide bonds. The molecular formula is C7H16O2. The highest BCUT2D eigenvalue weighted by Gasteiger charge is 2.06. The molecule has 2 nitrogen and oxygen atoms in total. The Labute approximate surface area is 56.5 Å². The number of rotatable bonds is 4. The molecule has 0 aliphatic carbocycles. The Hall–Kier alpha value is -0.0800. The standard InChI is InChI=1S/C7H16O2/c1-3-6(8)5-7(9)4-2/h6-9H,3-5H2,1-2H3. The second kappa shape index (κ2) is 4.77. The van der Waals surface area contributed by atoms with Crippen LogP contribution in [0.15, 0.2) is 0 Å². The van der Waals surface area contributed by atoms with Crippen molar-refractivity contribution in [2.45, 2.75) is 45.3 Å². The van der Waals surface area contributed by atoms with Crippen LogP contribution in [0.5, 0.6) is 0 Å². The van der Waals surface area contributed by atoms with Crippen molar-refractivity contribution in [3.63, 3.8) is 0 Å². The van der Waals surface area contributed by atoms with Crippen LogP contribution in [0.3, 0.4) is 0 Å². The Kier molecular flexibility index (Phi) is 4.72. The number of aliphatic hydroxyl groups excluding tert-OH is 2. The van der Waals surface area contributed by atoms with Gasteiger partial charge in [0.05, 0.1) is 12.2 Å². The fraction of sp³-hybridized carbons (Fsp3) is 1.00. The zero-order valence-corrected chi connectivity index (χ0v) is 6.17. The van der Waals surface area contributed by atoms with E-state index in [1.807, 2.05) is 13.8 Å². The molecule has 56 valence electrons. The van der Waals surface area contributed by atoms with Gasteiger partial charge in [-0.1, -0.05) is 13.8 Å². The molecule has 9 heavy (non-hydrogen) atoms. The van der Waals surface area contributed by atoms with Crippen molar-refractivity contribution in [2.75, 3.05) is 0 Å². The Balaban J connectivity index is 3.22. The van der Waals surface area contributed by atoms with Gasteiger partial charge in [-0.3, -0.25) is 0 Å². The van der Waals surface area contributed by atoms with Crippen LogP contribution in [0, 0.1) is 0 Å². The fourth-order valence-corrected chi connectivity index (χ4v) is 0.647. The summed E-state index contributed by atoms with van der Waals surface area (Å²) >= 11 is 0. The number of hydrogen-bond acceptors (Lipinski definition) is 2. The Bertz CT molecular complexity index is 55.9. The van der Waals surface area contributed by atoms with E-state index in [0.29, 0.717) is 6.42 Å². The lowest BCUT2D eigenvalue weighted by atomic mass is 10.1. The molecule has 0 aliphatic heterocycles. The van der Waals surface area contributed by atoms with E-state index >= 15 is 0 Å². The summed E-state index contributed by atoms with van der Waals surface area (Å²) in [5, 5.41) is 18.0. The maximum atomic E-state index is 9.00. The summed E-state index contributed by atoms with van der Waals surface area (Å²) in [6, 6.07) is 0. The van der Waals surface area contributed by atoms with Gasteiger partial charge in [0.1, 0.15) is 0 Å². The second-order valence-corrected chi connectivity index (χ2v) is 2.36. The monoisotopic (exact) mass is 132 g/mol. The predicted octanol–water partition coefficient (Wildman–Crippen LogP) is 0.918. The van der Waals surface area contributed by atoms with Crippen LogP contribution in [-0.4, -0.2) is 22.4 Å².